The molecule has 2 fully saturated rings. The van der Waals surface area contributed by atoms with Gasteiger partial charge in [-0.15, -0.1) is 0 Å². The third kappa shape index (κ3) is 4.37. The molecule has 14 heteroatoms. The zero-order chi connectivity index (χ0) is 34.3. The van der Waals surface area contributed by atoms with Crippen LogP contribution < -0.4 is 14.5 Å². The summed E-state index contributed by atoms with van der Waals surface area (Å²) in [5.41, 5.74) is -2.10. The first-order valence-corrected chi connectivity index (χ1v) is 15.0. The Morgan fingerprint density at radius 1 is 1.02 bits per heavy atom. The van der Waals surface area contributed by atoms with Crippen LogP contribution >= 0.6 is 0 Å². The van der Waals surface area contributed by atoms with Gasteiger partial charge in [-0.05, 0) is 49.5 Å². The minimum absolute atomic E-state index is 0.0526. The number of ether oxygens (including phenoxy) is 1. The van der Waals surface area contributed by atoms with Gasteiger partial charge in [-0.25, -0.2) is 4.90 Å². The summed E-state index contributed by atoms with van der Waals surface area (Å²) in [7, 11) is 4.23. The second kappa shape index (κ2) is 10.9. The van der Waals surface area contributed by atoms with E-state index in [1.807, 2.05) is 0 Å². The Bertz CT molecular complexity index is 1840. The molecule has 0 radical (unpaired) electrons. The van der Waals surface area contributed by atoms with E-state index in [4.69, 9.17) is 4.74 Å². The predicted octanol–water partition coefficient (Wildman–Crippen LogP) is 4.24. The Hall–Kier alpha value is -5.40. The van der Waals surface area contributed by atoms with Crippen molar-refractivity contribution in [1.82, 2.24) is 0 Å². The van der Waals surface area contributed by atoms with Gasteiger partial charge < -0.3 is 14.7 Å². The molecule has 1 heterocycles. The number of hydrogen-bond donors (Lipinski definition) is 1. The van der Waals surface area contributed by atoms with Crippen LogP contribution in [0.2, 0.25) is 0 Å². The molecule has 0 bridgehead atoms. The Morgan fingerprint density at radius 2 is 1.66 bits per heavy atom. The van der Waals surface area contributed by atoms with E-state index in [0.717, 1.165) is 17.0 Å². The highest BCUT2D eigenvalue weighted by Gasteiger charge is 2.64. The molecule has 244 valence electrons. The topological polar surface area (TPSA) is 190 Å². The number of hydrogen-bond acceptors (Lipinski definition) is 11. The fraction of sp³-hybridized carbons (Fsp3) is 0.394. The van der Waals surface area contributed by atoms with Crippen molar-refractivity contribution in [2.45, 2.75) is 32.6 Å². The maximum Gasteiger partial charge on any atom is 0.301 e. The second-order valence-corrected chi connectivity index (χ2v) is 12.9. The standard InChI is InChI=1S/C33H32N4O10/c1-15-11-24(39)20-14-19-17(28(33(20,2)30(15)40)27-23(38)7-6-8-25(27)47-5)9-10-18-26(19)32(42)35(31(18)41)16-12-21(36(43)44)29(34(3)4)22(13-16)37(45)46/h6-9,11-13,18-20,26,28,38H,10,14H2,1-5H3/t18-,19+,20-,26-,28+,33+/m0/s1. The van der Waals surface area contributed by atoms with Gasteiger partial charge in [-0.2, -0.15) is 0 Å². The van der Waals surface area contributed by atoms with Gasteiger partial charge in [-0.1, -0.05) is 24.6 Å². The summed E-state index contributed by atoms with van der Waals surface area (Å²) in [5, 5.41) is 35.3. The molecule has 1 saturated heterocycles. The first-order chi connectivity index (χ1) is 22.1. The lowest BCUT2D eigenvalue weighted by atomic mass is 9.47. The molecule has 2 aromatic carbocycles. The van der Waals surface area contributed by atoms with Gasteiger partial charge in [0.05, 0.1) is 39.9 Å². The van der Waals surface area contributed by atoms with Gasteiger partial charge in [0.25, 0.3) is 0 Å². The minimum atomic E-state index is -1.36. The minimum Gasteiger partial charge on any atom is -0.508 e. The van der Waals surface area contributed by atoms with E-state index in [1.54, 1.807) is 32.1 Å². The fourth-order valence-corrected chi connectivity index (χ4v) is 8.41. The van der Waals surface area contributed by atoms with Crippen molar-refractivity contribution in [3.63, 3.8) is 0 Å². The molecule has 2 amide bonds. The lowest BCUT2D eigenvalue weighted by Gasteiger charge is -2.53. The maximum absolute atomic E-state index is 14.3. The second-order valence-electron chi connectivity index (χ2n) is 12.9. The third-order valence-corrected chi connectivity index (χ3v) is 10.3. The number of benzene rings is 2. The molecular formula is C33H32N4O10. The van der Waals surface area contributed by atoms with E-state index in [2.05, 4.69) is 0 Å². The number of amides is 2. The molecule has 3 aliphatic carbocycles. The van der Waals surface area contributed by atoms with E-state index in [1.165, 1.54) is 38.2 Å². The zero-order valence-electron chi connectivity index (χ0n) is 26.3. The number of imide groups is 1. The molecule has 2 aromatic rings. The highest BCUT2D eigenvalue weighted by molar-refractivity contribution is 6.23. The van der Waals surface area contributed by atoms with Crippen LogP contribution in [-0.4, -0.2) is 59.5 Å². The van der Waals surface area contributed by atoms with Crippen LogP contribution in [0.4, 0.5) is 22.7 Å². The number of Topliss-reactive ketones (excluding diaryl/α,β-unsaturated/α-hetero) is 1. The van der Waals surface area contributed by atoms with Crippen LogP contribution in [0.1, 0.15) is 38.2 Å². The number of fused-ring (bicyclic) bond motifs is 4. The van der Waals surface area contributed by atoms with Gasteiger partial charge in [0.1, 0.15) is 11.5 Å². The van der Waals surface area contributed by atoms with Crippen LogP contribution in [-0.2, 0) is 19.2 Å². The number of allylic oxidation sites excluding steroid dienone is 4. The number of nitro benzene ring substituents is 2. The van der Waals surface area contributed by atoms with Gasteiger partial charge in [0.2, 0.25) is 11.8 Å². The fourth-order valence-electron chi connectivity index (χ4n) is 8.41. The molecule has 6 atom stereocenters. The lowest BCUT2D eigenvalue weighted by molar-refractivity contribution is -0.392. The summed E-state index contributed by atoms with van der Waals surface area (Å²) in [6.45, 7) is 3.25. The summed E-state index contributed by atoms with van der Waals surface area (Å²) in [4.78, 5) is 80.4. The Balaban J connectivity index is 1.52. The maximum atomic E-state index is 14.3. The van der Waals surface area contributed by atoms with Gasteiger partial charge >= 0.3 is 11.4 Å². The number of anilines is 2. The molecule has 1 N–H and O–H groups in total. The average Bonchev–Trinajstić information content (AvgIpc) is 3.28. The monoisotopic (exact) mass is 644 g/mol. The van der Waals surface area contributed by atoms with Crippen molar-refractivity contribution in [1.29, 1.82) is 0 Å². The first kappa shape index (κ1) is 31.6. The summed E-state index contributed by atoms with van der Waals surface area (Å²) < 4.78 is 5.62. The average molecular weight is 645 g/mol. The van der Waals surface area contributed by atoms with Crippen molar-refractivity contribution in [3.05, 3.63) is 79.4 Å². The number of carbonyl (C=O) groups is 4. The van der Waals surface area contributed by atoms with Crippen molar-refractivity contribution >= 4 is 46.1 Å². The highest BCUT2D eigenvalue weighted by Crippen LogP contribution is 2.64. The number of nitro groups is 2. The Morgan fingerprint density at radius 3 is 2.23 bits per heavy atom. The normalized spacial score (nSPS) is 28.2. The SMILES string of the molecule is COc1cccc(O)c1[C@H]1C2=CC[C@@H]3C(=O)N(c4cc([N+](=O)[O-])c(N(C)C)c([N+](=O)[O-])c4)C(=O)[C@@H]3[C@@H]2C[C@H]2C(=O)C=C(C)C(=O)[C@@]12C. The van der Waals surface area contributed by atoms with E-state index >= 15 is 0 Å². The van der Waals surface area contributed by atoms with E-state index in [-0.39, 0.29) is 58.4 Å². The van der Waals surface area contributed by atoms with Crippen molar-refractivity contribution in [2.24, 2.45) is 29.1 Å². The molecule has 0 spiro atoms. The summed E-state index contributed by atoms with van der Waals surface area (Å²) in [5.74, 6) is -6.39. The molecule has 47 heavy (non-hydrogen) atoms. The number of phenolic OH excluding ortho intramolecular Hbond substituents is 1. The number of nitrogens with zero attached hydrogens (tertiary/aromatic N) is 4. The largest absolute Gasteiger partial charge is 0.508 e. The molecule has 0 aromatic heterocycles. The summed E-state index contributed by atoms with van der Waals surface area (Å²) in [6.07, 6.45) is 3.18. The molecule has 14 nitrogen and oxygen atoms in total. The third-order valence-electron chi connectivity index (χ3n) is 10.3. The van der Waals surface area contributed by atoms with Crippen molar-refractivity contribution < 1.29 is 38.9 Å². The number of methoxy groups -OCH3 is 1. The Labute approximate surface area is 268 Å². The van der Waals surface area contributed by atoms with Gasteiger partial charge in [-0.3, -0.25) is 39.4 Å². The summed E-state index contributed by atoms with van der Waals surface area (Å²) >= 11 is 0. The van der Waals surface area contributed by atoms with Crippen LogP contribution in [0, 0.1) is 49.3 Å². The number of phenols is 1. The highest BCUT2D eigenvalue weighted by atomic mass is 16.6. The van der Waals surface area contributed by atoms with Crippen molar-refractivity contribution in [3.8, 4) is 11.5 Å². The predicted molar refractivity (Wildman–Crippen MR) is 167 cm³/mol. The van der Waals surface area contributed by atoms with E-state index < -0.39 is 68.0 Å². The number of aromatic hydroxyl groups is 1. The van der Waals surface area contributed by atoms with Gasteiger partial charge in [0, 0.05) is 43.6 Å². The smallest absolute Gasteiger partial charge is 0.301 e. The molecule has 1 aliphatic heterocycles. The zero-order valence-corrected chi connectivity index (χ0v) is 26.3. The van der Waals surface area contributed by atoms with E-state index in [0.29, 0.717) is 5.57 Å². The lowest BCUT2D eigenvalue weighted by Crippen LogP contribution is -2.54. The number of carbonyl (C=O) groups excluding carboxylic acids is 4. The summed E-state index contributed by atoms with van der Waals surface area (Å²) in [6, 6.07) is 6.62. The van der Waals surface area contributed by atoms with Crippen LogP contribution in [0.5, 0.6) is 11.5 Å². The first-order valence-electron chi connectivity index (χ1n) is 15.0. The molecule has 4 aliphatic rings. The van der Waals surface area contributed by atoms with Gasteiger partial charge in [0.15, 0.2) is 17.3 Å². The molecule has 0 unspecified atom stereocenters. The van der Waals surface area contributed by atoms with Crippen LogP contribution in [0.15, 0.2) is 53.6 Å². The quantitative estimate of drug-likeness (QED) is 0.205. The number of ketones is 2. The number of rotatable bonds is 6. The molecule has 1 saturated carbocycles. The van der Waals surface area contributed by atoms with E-state index in [9.17, 15) is 44.5 Å². The van der Waals surface area contributed by atoms with Crippen LogP contribution in [0.25, 0.3) is 0 Å². The Kier molecular flexibility index (Phi) is 7.29. The van der Waals surface area contributed by atoms with Crippen molar-refractivity contribution in [2.75, 3.05) is 31.0 Å². The molecule has 6 rings (SSSR count). The molecular weight excluding hydrogens is 612 g/mol. The van der Waals surface area contributed by atoms with Crippen LogP contribution in [0.3, 0.4) is 0 Å².